The van der Waals surface area contributed by atoms with Crippen LogP contribution in [-0.4, -0.2) is 33.1 Å². The van der Waals surface area contributed by atoms with Crippen molar-refractivity contribution in [3.05, 3.63) is 38.7 Å². The number of nitrogens with one attached hydrogen (secondary N) is 1. The molecule has 2 aromatic rings. The second kappa shape index (κ2) is 8.66. The first-order chi connectivity index (χ1) is 9.97. The predicted octanol–water partition coefficient (Wildman–Crippen LogP) is -0.446. The van der Waals surface area contributed by atoms with Crippen LogP contribution in [0.3, 0.4) is 0 Å². The molecule has 2 rings (SSSR count). The van der Waals surface area contributed by atoms with Crippen molar-refractivity contribution >= 4 is 41.8 Å². The molecule has 1 amide bonds. The first kappa shape index (κ1) is 21.1. The molecular weight excluding hydrogens is 345 g/mol. The lowest BCUT2D eigenvalue weighted by atomic mass is 10.2. The summed E-state index contributed by atoms with van der Waals surface area (Å²) >= 11 is 0. The molecule has 3 N–H and O–H groups in total. The number of hydrogen-bond acceptors (Lipinski definition) is 5. The van der Waals surface area contributed by atoms with E-state index in [1.165, 1.54) is 30.9 Å². The fraction of sp³-hybridized carbons (Fsp3) is 0.385. The predicted molar refractivity (Wildman–Crippen MR) is 92.7 cm³/mol. The maximum atomic E-state index is 12.1. The van der Waals surface area contributed by atoms with E-state index in [1.807, 2.05) is 0 Å². The number of nitrogens with zero attached hydrogens (tertiary/aromatic N) is 3. The van der Waals surface area contributed by atoms with Gasteiger partial charge in [0.1, 0.15) is 5.65 Å². The maximum Gasteiger partial charge on any atom is 0.332 e. The Morgan fingerprint density at radius 1 is 1.26 bits per heavy atom. The number of hydrogen-bond donors (Lipinski definition) is 2. The number of amides is 1. The molecule has 0 aliphatic carbocycles. The van der Waals surface area contributed by atoms with Crippen molar-refractivity contribution in [2.24, 2.45) is 19.8 Å². The van der Waals surface area contributed by atoms with Gasteiger partial charge in [-0.3, -0.25) is 18.7 Å². The molecule has 0 saturated heterocycles. The molecule has 0 unspecified atom stereocenters. The van der Waals surface area contributed by atoms with Gasteiger partial charge in [-0.15, -0.1) is 24.8 Å². The van der Waals surface area contributed by atoms with Crippen LogP contribution in [0.4, 0.5) is 0 Å². The Morgan fingerprint density at radius 2 is 1.91 bits per heavy atom. The standard InChI is InChI=1S/C13H17N5O3.2ClH/c1-17-10-9(12(20)18(2)13(17)21)6-8(7-16-10)11(19)15-5-3-4-14;;/h6-7H,3-5,14H2,1-2H3,(H,15,19);2*1H. The number of nitrogens with two attached hydrogens (primary N) is 1. The minimum absolute atomic E-state index is 0. The summed E-state index contributed by atoms with van der Waals surface area (Å²) in [6.07, 6.45) is 2.02. The molecule has 0 saturated carbocycles. The zero-order chi connectivity index (χ0) is 15.6. The zero-order valence-corrected chi connectivity index (χ0v) is 14.4. The summed E-state index contributed by atoms with van der Waals surface area (Å²) in [4.78, 5) is 39.9. The highest BCUT2D eigenvalue weighted by Gasteiger charge is 2.13. The SMILES string of the molecule is Cl.Cl.Cn1c(=O)c2cc(C(=O)NCCCN)cnc2n(C)c1=O. The molecule has 0 bridgehead atoms. The topological polar surface area (TPSA) is 112 Å². The lowest BCUT2D eigenvalue weighted by Gasteiger charge is -2.08. The van der Waals surface area contributed by atoms with E-state index in [-0.39, 0.29) is 47.3 Å². The van der Waals surface area contributed by atoms with E-state index in [1.54, 1.807) is 0 Å². The summed E-state index contributed by atoms with van der Waals surface area (Å²) in [7, 11) is 2.91. The normalized spacial score (nSPS) is 9.87. The van der Waals surface area contributed by atoms with Crippen molar-refractivity contribution in [1.29, 1.82) is 0 Å². The summed E-state index contributed by atoms with van der Waals surface area (Å²) in [5.41, 5.74) is 4.95. The van der Waals surface area contributed by atoms with Gasteiger partial charge in [0.15, 0.2) is 0 Å². The molecule has 23 heavy (non-hydrogen) atoms. The number of pyridine rings is 1. The molecule has 8 nitrogen and oxygen atoms in total. The summed E-state index contributed by atoms with van der Waals surface area (Å²) in [6, 6.07) is 1.45. The number of fused-ring (bicyclic) bond motifs is 1. The van der Waals surface area contributed by atoms with Crippen LogP contribution in [0.2, 0.25) is 0 Å². The smallest absolute Gasteiger partial charge is 0.332 e. The van der Waals surface area contributed by atoms with Gasteiger partial charge in [-0.2, -0.15) is 0 Å². The fourth-order valence-corrected chi connectivity index (χ4v) is 2.00. The Bertz CT molecular complexity index is 816. The van der Waals surface area contributed by atoms with Crippen molar-refractivity contribution in [2.45, 2.75) is 6.42 Å². The molecule has 0 aliphatic heterocycles. The first-order valence-corrected chi connectivity index (χ1v) is 6.51. The van der Waals surface area contributed by atoms with Gasteiger partial charge in [-0.05, 0) is 19.0 Å². The van der Waals surface area contributed by atoms with Crippen molar-refractivity contribution in [3.63, 3.8) is 0 Å². The molecule has 128 valence electrons. The lowest BCUT2D eigenvalue weighted by molar-refractivity contribution is 0.0953. The summed E-state index contributed by atoms with van der Waals surface area (Å²) < 4.78 is 2.26. The first-order valence-electron chi connectivity index (χ1n) is 6.51. The third-order valence-electron chi connectivity index (χ3n) is 3.22. The van der Waals surface area contributed by atoms with Crippen molar-refractivity contribution in [2.75, 3.05) is 13.1 Å². The van der Waals surface area contributed by atoms with Crippen LogP contribution < -0.4 is 22.3 Å². The van der Waals surface area contributed by atoms with Crippen molar-refractivity contribution < 1.29 is 4.79 Å². The number of halogens is 2. The molecule has 0 aromatic carbocycles. The van der Waals surface area contributed by atoms with Gasteiger partial charge in [-0.25, -0.2) is 9.78 Å². The highest BCUT2D eigenvalue weighted by Crippen LogP contribution is 2.07. The van der Waals surface area contributed by atoms with Crippen LogP contribution in [-0.2, 0) is 14.1 Å². The van der Waals surface area contributed by atoms with E-state index < -0.39 is 11.2 Å². The Morgan fingerprint density at radius 3 is 2.52 bits per heavy atom. The minimum atomic E-state index is -0.475. The fourth-order valence-electron chi connectivity index (χ4n) is 2.00. The van der Waals surface area contributed by atoms with Gasteiger partial charge in [-0.1, -0.05) is 0 Å². The van der Waals surface area contributed by atoms with E-state index in [2.05, 4.69) is 10.3 Å². The number of rotatable bonds is 4. The molecule has 0 atom stereocenters. The third-order valence-corrected chi connectivity index (χ3v) is 3.22. The van der Waals surface area contributed by atoms with E-state index in [9.17, 15) is 14.4 Å². The summed E-state index contributed by atoms with van der Waals surface area (Å²) in [5, 5.41) is 2.92. The second-order valence-electron chi connectivity index (χ2n) is 4.70. The second-order valence-corrected chi connectivity index (χ2v) is 4.70. The molecule has 0 fully saturated rings. The highest BCUT2D eigenvalue weighted by atomic mass is 35.5. The Kier molecular flexibility index (Phi) is 7.94. The quantitative estimate of drug-likeness (QED) is 0.714. The van der Waals surface area contributed by atoms with Gasteiger partial charge >= 0.3 is 5.69 Å². The highest BCUT2D eigenvalue weighted by molar-refractivity contribution is 5.96. The number of carbonyl (C=O) groups is 1. The summed E-state index contributed by atoms with van der Waals surface area (Å²) in [6.45, 7) is 0.942. The maximum absolute atomic E-state index is 12.1. The lowest BCUT2D eigenvalue weighted by Crippen LogP contribution is -2.37. The molecular formula is C13H19Cl2N5O3. The monoisotopic (exact) mass is 363 g/mol. The van der Waals surface area contributed by atoms with Gasteiger partial charge in [0.2, 0.25) is 0 Å². The van der Waals surface area contributed by atoms with Crippen molar-refractivity contribution in [3.8, 4) is 0 Å². The van der Waals surface area contributed by atoms with E-state index >= 15 is 0 Å². The number of aromatic nitrogens is 3. The van der Waals surface area contributed by atoms with Gasteiger partial charge in [0.05, 0.1) is 10.9 Å². The van der Waals surface area contributed by atoms with Gasteiger partial charge < -0.3 is 11.1 Å². The summed E-state index contributed by atoms with van der Waals surface area (Å²) in [5.74, 6) is -0.325. The number of aryl methyl sites for hydroxylation is 1. The van der Waals surface area contributed by atoms with Gasteiger partial charge in [0.25, 0.3) is 11.5 Å². The van der Waals surface area contributed by atoms with Crippen molar-refractivity contribution in [1.82, 2.24) is 19.4 Å². The van der Waals surface area contributed by atoms with Crippen LogP contribution in [0.15, 0.2) is 21.9 Å². The average Bonchev–Trinajstić information content (AvgIpc) is 2.50. The van der Waals surface area contributed by atoms with E-state index in [0.717, 1.165) is 4.57 Å². The van der Waals surface area contributed by atoms with Crippen LogP contribution in [0, 0.1) is 0 Å². The van der Waals surface area contributed by atoms with Crippen LogP contribution in [0.25, 0.3) is 11.0 Å². The molecule has 10 heteroatoms. The molecule has 0 spiro atoms. The Hall–Kier alpha value is -1.90. The molecule has 0 radical (unpaired) electrons. The van der Waals surface area contributed by atoms with Crippen LogP contribution in [0.1, 0.15) is 16.8 Å². The van der Waals surface area contributed by atoms with Crippen LogP contribution >= 0.6 is 24.8 Å². The zero-order valence-electron chi connectivity index (χ0n) is 12.7. The molecule has 2 aromatic heterocycles. The minimum Gasteiger partial charge on any atom is -0.352 e. The van der Waals surface area contributed by atoms with E-state index in [0.29, 0.717) is 19.5 Å². The largest absolute Gasteiger partial charge is 0.352 e. The van der Waals surface area contributed by atoms with Gasteiger partial charge in [0, 0.05) is 26.8 Å². The van der Waals surface area contributed by atoms with E-state index in [4.69, 9.17) is 5.73 Å². The van der Waals surface area contributed by atoms with Crippen LogP contribution in [0.5, 0.6) is 0 Å². The number of carbonyl (C=O) groups excluding carboxylic acids is 1. The molecule has 2 heterocycles. The Balaban J connectivity index is 0.00000242. The Labute approximate surface area is 144 Å². The average molecular weight is 364 g/mol. The third kappa shape index (κ3) is 4.10. The molecule has 0 aliphatic rings.